The van der Waals surface area contributed by atoms with Crippen LogP contribution in [0.1, 0.15) is 74.7 Å². The SMILES string of the molecule is O=C(CCc1n[nH]c2c1CCCC2)N1CCCC2(CCC(=O)N(C3CC3)C2)C1. The van der Waals surface area contributed by atoms with Crippen LogP contribution in [0.25, 0.3) is 0 Å². The van der Waals surface area contributed by atoms with Crippen LogP contribution < -0.4 is 0 Å². The molecule has 6 heteroatoms. The summed E-state index contributed by atoms with van der Waals surface area (Å²) in [4.78, 5) is 29.5. The summed E-state index contributed by atoms with van der Waals surface area (Å²) in [5.74, 6) is 0.599. The number of carbonyl (C=O) groups excluding carboxylic acids is 2. The number of carbonyl (C=O) groups is 2. The molecule has 2 saturated heterocycles. The summed E-state index contributed by atoms with van der Waals surface area (Å²) in [7, 11) is 0. The number of rotatable bonds is 4. The van der Waals surface area contributed by atoms with Crippen molar-refractivity contribution in [2.24, 2.45) is 5.41 Å². The molecule has 1 N–H and O–H groups in total. The molecule has 1 aromatic rings. The van der Waals surface area contributed by atoms with E-state index in [1.165, 1.54) is 36.9 Å². The Bertz CT molecular complexity index is 769. The molecule has 1 atom stereocenters. The van der Waals surface area contributed by atoms with Crippen molar-refractivity contribution in [3.8, 4) is 0 Å². The number of hydrogen-bond donors (Lipinski definition) is 1. The number of amides is 2. The maximum atomic E-state index is 13.0. The lowest BCUT2D eigenvalue weighted by molar-refractivity contribution is -0.143. The quantitative estimate of drug-likeness (QED) is 0.868. The second-order valence-corrected chi connectivity index (χ2v) is 9.51. The maximum Gasteiger partial charge on any atom is 0.222 e. The van der Waals surface area contributed by atoms with Crippen molar-refractivity contribution in [2.75, 3.05) is 19.6 Å². The van der Waals surface area contributed by atoms with Crippen molar-refractivity contribution in [1.29, 1.82) is 0 Å². The van der Waals surface area contributed by atoms with E-state index in [1.807, 2.05) is 0 Å². The van der Waals surface area contributed by atoms with Gasteiger partial charge in [0.05, 0.1) is 5.69 Å². The summed E-state index contributed by atoms with van der Waals surface area (Å²) < 4.78 is 0. The summed E-state index contributed by atoms with van der Waals surface area (Å²) in [5.41, 5.74) is 3.91. The van der Waals surface area contributed by atoms with E-state index in [2.05, 4.69) is 20.0 Å². The van der Waals surface area contributed by atoms with Crippen LogP contribution in [-0.2, 0) is 28.9 Å². The minimum Gasteiger partial charge on any atom is -0.342 e. The Morgan fingerprint density at radius 2 is 1.96 bits per heavy atom. The Morgan fingerprint density at radius 1 is 1.11 bits per heavy atom. The van der Waals surface area contributed by atoms with Crippen molar-refractivity contribution in [3.05, 3.63) is 17.0 Å². The third kappa shape index (κ3) is 3.46. The monoisotopic (exact) mass is 384 g/mol. The van der Waals surface area contributed by atoms with Gasteiger partial charge in [-0.2, -0.15) is 5.10 Å². The Kier molecular flexibility index (Phi) is 4.68. The number of piperidine rings is 2. The Balaban J connectivity index is 1.21. The van der Waals surface area contributed by atoms with E-state index < -0.39 is 0 Å². The highest BCUT2D eigenvalue weighted by atomic mass is 16.2. The molecule has 0 bridgehead atoms. The summed E-state index contributed by atoms with van der Waals surface area (Å²) >= 11 is 0. The molecule has 1 unspecified atom stereocenters. The highest BCUT2D eigenvalue weighted by Crippen LogP contribution is 2.42. The smallest absolute Gasteiger partial charge is 0.222 e. The van der Waals surface area contributed by atoms with Gasteiger partial charge < -0.3 is 9.80 Å². The average molecular weight is 385 g/mol. The summed E-state index contributed by atoms with van der Waals surface area (Å²) in [5, 5.41) is 7.69. The van der Waals surface area contributed by atoms with Gasteiger partial charge >= 0.3 is 0 Å². The molecule has 0 radical (unpaired) electrons. The number of fused-ring (bicyclic) bond motifs is 1. The second kappa shape index (κ2) is 7.20. The van der Waals surface area contributed by atoms with E-state index in [-0.39, 0.29) is 11.3 Å². The second-order valence-electron chi connectivity index (χ2n) is 9.51. The Morgan fingerprint density at radius 3 is 2.82 bits per heavy atom. The van der Waals surface area contributed by atoms with E-state index in [9.17, 15) is 9.59 Å². The zero-order chi connectivity index (χ0) is 19.1. The molecule has 28 heavy (non-hydrogen) atoms. The van der Waals surface area contributed by atoms with Gasteiger partial charge in [-0.15, -0.1) is 0 Å². The highest BCUT2D eigenvalue weighted by molar-refractivity contribution is 5.78. The van der Waals surface area contributed by atoms with Gasteiger partial charge in [0.2, 0.25) is 11.8 Å². The lowest BCUT2D eigenvalue weighted by atomic mass is 9.73. The maximum absolute atomic E-state index is 13.0. The van der Waals surface area contributed by atoms with E-state index in [0.717, 1.165) is 63.9 Å². The van der Waals surface area contributed by atoms with Crippen molar-refractivity contribution in [1.82, 2.24) is 20.0 Å². The normalized spacial score (nSPS) is 27.9. The first-order valence-electron chi connectivity index (χ1n) is 11.3. The summed E-state index contributed by atoms with van der Waals surface area (Å²) in [6.45, 7) is 2.57. The molecule has 6 nitrogen and oxygen atoms in total. The number of likely N-dealkylation sites (tertiary alicyclic amines) is 2. The van der Waals surface area contributed by atoms with Crippen LogP contribution in [0.5, 0.6) is 0 Å². The minimum atomic E-state index is 0.135. The lowest BCUT2D eigenvalue weighted by Gasteiger charge is -2.48. The van der Waals surface area contributed by atoms with E-state index in [0.29, 0.717) is 24.8 Å². The number of H-pyrrole nitrogens is 1. The van der Waals surface area contributed by atoms with Crippen molar-refractivity contribution in [3.63, 3.8) is 0 Å². The van der Waals surface area contributed by atoms with Crippen LogP contribution in [0.2, 0.25) is 0 Å². The Labute approximate surface area is 167 Å². The predicted molar refractivity (Wildman–Crippen MR) is 106 cm³/mol. The molecule has 1 aromatic heterocycles. The zero-order valence-corrected chi connectivity index (χ0v) is 16.8. The number of nitrogens with zero attached hydrogens (tertiary/aromatic N) is 3. The van der Waals surface area contributed by atoms with Crippen LogP contribution in [-0.4, -0.2) is 57.5 Å². The molecule has 4 aliphatic rings. The van der Waals surface area contributed by atoms with Gasteiger partial charge in [-0.1, -0.05) is 0 Å². The van der Waals surface area contributed by atoms with Gasteiger partial charge in [0.1, 0.15) is 0 Å². The van der Waals surface area contributed by atoms with Crippen LogP contribution in [0, 0.1) is 5.41 Å². The predicted octanol–water partition coefficient (Wildman–Crippen LogP) is 2.61. The third-order valence-corrected chi connectivity index (χ3v) is 7.41. The third-order valence-electron chi connectivity index (χ3n) is 7.41. The van der Waals surface area contributed by atoms with Crippen LogP contribution in [0.4, 0.5) is 0 Å². The van der Waals surface area contributed by atoms with Gasteiger partial charge in [-0.25, -0.2) is 0 Å². The topological polar surface area (TPSA) is 69.3 Å². The molecule has 3 fully saturated rings. The Hall–Kier alpha value is -1.85. The number of nitrogens with one attached hydrogen (secondary N) is 1. The fraction of sp³-hybridized carbons (Fsp3) is 0.773. The molecule has 3 heterocycles. The van der Waals surface area contributed by atoms with Crippen molar-refractivity contribution < 1.29 is 9.59 Å². The highest BCUT2D eigenvalue weighted by Gasteiger charge is 2.46. The summed E-state index contributed by atoms with van der Waals surface area (Å²) in [6.07, 6.45) is 12.1. The van der Waals surface area contributed by atoms with Gasteiger partial charge in [0.15, 0.2) is 0 Å². The number of hydrogen-bond acceptors (Lipinski definition) is 3. The summed E-state index contributed by atoms with van der Waals surface area (Å²) in [6, 6.07) is 0.488. The van der Waals surface area contributed by atoms with Gasteiger partial charge in [-0.05, 0) is 63.4 Å². The average Bonchev–Trinajstić information content (AvgIpc) is 3.48. The fourth-order valence-electron chi connectivity index (χ4n) is 5.66. The molecule has 152 valence electrons. The molecular weight excluding hydrogens is 352 g/mol. The number of aromatic amines is 1. The van der Waals surface area contributed by atoms with Crippen molar-refractivity contribution in [2.45, 2.75) is 83.1 Å². The number of aromatic nitrogens is 2. The molecule has 2 aliphatic heterocycles. The van der Waals surface area contributed by atoms with Crippen molar-refractivity contribution >= 4 is 11.8 Å². The molecule has 2 aliphatic carbocycles. The molecule has 5 rings (SSSR count). The molecule has 2 amide bonds. The first-order chi connectivity index (χ1) is 13.6. The van der Waals surface area contributed by atoms with E-state index in [1.54, 1.807) is 0 Å². The van der Waals surface area contributed by atoms with E-state index in [4.69, 9.17) is 0 Å². The number of aryl methyl sites for hydroxylation is 2. The van der Waals surface area contributed by atoms with Gasteiger partial charge in [-0.3, -0.25) is 14.7 Å². The molecular formula is C22H32N4O2. The minimum absolute atomic E-state index is 0.135. The molecule has 1 saturated carbocycles. The fourth-order valence-corrected chi connectivity index (χ4v) is 5.66. The van der Waals surface area contributed by atoms with Gasteiger partial charge in [0.25, 0.3) is 0 Å². The first kappa shape index (κ1) is 18.2. The molecule has 1 spiro atoms. The standard InChI is InChI=1S/C22H32N4O2/c27-20(9-8-19-17-4-1-2-5-18(17)23-24-19)25-13-3-11-22(14-25)12-10-21(28)26(15-22)16-6-7-16/h16H,1-15H2,(H,23,24). The van der Waals surface area contributed by atoms with E-state index >= 15 is 0 Å². The van der Waals surface area contributed by atoms with Crippen LogP contribution >= 0.6 is 0 Å². The lowest BCUT2D eigenvalue weighted by Crippen LogP contribution is -2.55. The van der Waals surface area contributed by atoms with Crippen LogP contribution in [0.15, 0.2) is 0 Å². The van der Waals surface area contributed by atoms with Crippen LogP contribution in [0.3, 0.4) is 0 Å². The molecule has 0 aromatic carbocycles. The zero-order valence-electron chi connectivity index (χ0n) is 16.8. The van der Waals surface area contributed by atoms with Gasteiger partial charge in [0, 0.05) is 56.0 Å². The largest absolute Gasteiger partial charge is 0.342 e. The first-order valence-corrected chi connectivity index (χ1v) is 11.3.